The molecule has 0 aromatic heterocycles. The highest BCUT2D eigenvalue weighted by molar-refractivity contribution is 5.77. The number of carbonyl (C=O) groups excluding carboxylic acids is 2. The maximum absolute atomic E-state index is 13.2. The van der Waals surface area contributed by atoms with E-state index in [4.69, 9.17) is 4.74 Å². The molecule has 0 saturated carbocycles. The molecule has 3 atom stereocenters. The smallest absolute Gasteiger partial charge is 0.306 e. The van der Waals surface area contributed by atoms with Gasteiger partial charge in [0.2, 0.25) is 5.91 Å². The van der Waals surface area contributed by atoms with Crippen LogP contribution in [-0.4, -0.2) is 46.9 Å². The van der Waals surface area contributed by atoms with Crippen LogP contribution in [0.1, 0.15) is 278 Å². The molecule has 0 saturated heterocycles. The van der Waals surface area contributed by atoms with Crippen LogP contribution in [0.5, 0.6) is 0 Å². The van der Waals surface area contributed by atoms with Crippen molar-refractivity contribution in [2.75, 3.05) is 6.61 Å². The molecule has 0 aliphatic carbocycles. The first-order valence-electron chi connectivity index (χ1n) is 26.7. The van der Waals surface area contributed by atoms with Crippen molar-refractivity contribution in [3.8, 4) is 0 Å². The van der Waals surface area contributed by atoms with E-state index in [-0.39, 0.29) is 24.9 Å². The quantitative estimate of drug-likeness (QED) is 0.0322. The van der Waals surface area contributed by atoms with Gasteiger partial charge < -0.3 is 20.3 Å². The van der Waals surface area contributed by atoms with Gasteiger partial charge in [0.15, 0.2) is 0 Å². The van der Waals surface area contributed by atoms with E-state index in [0.717, 1.165) is 77.0 Å². The van der Waals surface area contributed by atoms with Gasteiger partial charge in [0.1, 0.15) is 6.10 Å². The van der Waals surface area contributed by atoms with E-state index >= 15 is 0 Å². The number of aliphatic hydroxyl groups excluding tert-OH is 2. The first kappa shape index (κ1) is 59.1. The highest BCUT2D eigenvalue weighted by atomic mass is 16.5. The molecule has 61 heavy (non-hydrogen) atoms. The summed E-state index contributed by atoms with van der Waals surface area (Å²) in [5.74, 6) is -0.501. The number of hydrogen-bond acceptors (Lipinski definition) is 5. The Morgan fingerprint density at radius 3 is 1.33 bits per heavy atom. The minimum Gasteiger partial charge on any atom is -0.462 e. The number of allylic oxidation sites excluding steroid dienone is 6. The molecule has 0 fully saturated rings. The largest absolute Gasteiger partial charge is 0.462 e. The molecule has 3 unspecified atom stereocenters. The van der Waals surface area contributed by atoms with Crippen LogP contribution in [0.3, 0.4) is 0 Å². The Labute approximate surface area is 379 Å². The molecule has 0 bridgehead atoms. The van der Waals surface area contributed by atoms with E-state index in [9.17, 15) is 19.8 Å². The molecule has 0 aliphatic heterocycles. The Morgan fingerprint density at radius 2 is 0.885 bits per heavy atom. The summed E-state index contributed by atoms with van der Waals surface area (Å²) in [5.41, 5.74) is 0. The third-order valence-electron chi connectivity index (χ3n) is 12.2. The van der Waals surface area contributed by atoms with Gasteiger partial charge in [-0.1, -0.05) is 243 Å². The number of esters is 1. The standard InChI is InChI=1S/C55H103NO5/c1-4-7-10-13-16-19-22-24-25-26-27-28-29-30-33-36-39-42-45-48-55(60)61-51(46-43-40-37-34-32-23-20-17-14-11-8-5-2)49-54(59)56-52(50-57)53(58)47-44-41-38-35-31-21-18-15-12-9-6-3/h8,11,17,20,32,34,51-53,57-58H,4-7,9-10,12-16,18-19,21-31,33,35-50H2,1-3H3,(H,56,59)/b11-8+,20-17+,34-32+. The lowest BCUT2D eigenvalue weighted by Gasteiger charge is -2.24. The van der Waals surface area contributed by atoms with Crippen molar-refractivity contribution in [1.29, 1.82) is 0 Å². The SMILES string of the molecule is CC/C=C/C/C=C/C/C=C/CCCCC(CC(=O)NC(CO)C(O)CCCCCCCCCCCCC)OC(=O)CCCCCCCCCCCCCCCCCCCCC. The Hall–Kier alpha value is -1.92. The van der Waals surface area contributed by atoms with Gasteiger partial charge in [-0.25, -0.2) is 0 Å². The Morgan fingerprint density at radius 1 is 0.492 bits per heavy atom. The van der Waals surface area contributed by atoms with Gasteiger partial charge in [0.25, 0.3) is 0 Å². The Balaban J connectivity index is 4.49. The highest BCUT2D eigenvalue weighted by Crippen LogP contribution is 2.18. The molecular weight excluding hydrogens is 755 g/mol. The van der Waals surface area contributed by atoms with E-state index in [1.165, 1.54) is 154 Å². The highest BCUT2D eigenvalue weighted by Gasteiger charge is 2.24. The van der Waals surface area contributed by atoms with Crippen molar-refractivity contribution in [3.05, 3.63) is 36.5 Å². The lowest BCUT2D eigenvalue weighted by atomic mass is 10.0. The van der Waals surface area contributed by atoms with Crippen LogP contribution in [-0.2, 0) is 14.3 Å². The normalized spacial score (nSPS) is 13.5. The van der Waals surface area contributed by atoms with Gasteiger partial charge in [-0.3, -0.25) is 9.59 Å². The second kappa shape index (κ2) is 49.1. The van der Waals surface area contributed by atoms with Crippen molar-refractivity contribution in [3.63, 3.8) is 0 Å². The van der Waals surface area contributed by atoms with E-state index < -0.39 is 18.2 Å². The summed E-state index contributed by atoms with van der Waals surface area (Å²) < 4.78 is 5.92. The second-order valence-electron chi connectivity index (χ2n) is 18.3. The van der Waals surface area contributed by atoms with Crippen LogP contribution in [0.25, 0.3) is 0 Å². The van der Waals surface area contributed by atoms with Gasteiger partial charge in [-0.15, -0.1) is 0 Å². The number of hydrogen-bond donors (Lipinski definition) is 3. The lowest BCUT2D eigenvalue weighted by Crippen LogP contribution is -2.46. The van der Waals surface area contributed by atoms with Gasteiger partial charge in [-0.05, 0) is 57.8 Å². The zero-order valence-corrected chi connectivity index (χ0v) is 40.8. The second-order valence-corrected chi connectivity index (χ2v) is 18.3. The first-order valence-corrected chi connectivity index (χ1v) is 26.7. The maximum atomic E-state index is 13.2. The molecule has 3 N–H and O–H groups in total. The molecule has 0 rings (SSSR count). The average molecular weight is 858 g/mol. The predicted octanol–water partition coefficient (Wildman–Crippen LogP) is 16.1. The molecule has 1 amide bonds. The minimum absolute atomic E-state index is 0.0553. The molecule has 0 radical (unpaired) electrons. The summed E-state index contributed by atoms with van der Waals surface area (Å²) in [6.45, 7) is 6.37. The van der Waals surface area contributed by atoms with Gasteiger partial charge in [0.05, 0.1) is 25.2 Å². The predicted molar refractivity (Wildman–Crippen MR) is 264 cm³/mol. The third kappa shape index (κ3) is 44.5. The fourth-order valence-corrected chi connectivity index (χ4v) is 8.21. The Kier molecular flexibility index (Phi) is 47.6. The number of aliphatic hydroxyl groups is 2. The van der Waals surface area contributed by atoms with Gasteiger partial charge in [-0.2, -0.15) is 0 Å². The average Bonchev–Trinajstić information content (AvgIpc) is 3.25. The topological polar surface area (TPSA) is 95.9 Å². The summed E-state index contributed by atoms with van der Waals surface area (Å²) in [6, 6.07) is -0.710. The summed E-state index contributed by atoms with van der Waals surface area (Å²) in [7, 11) is 0. The van der Waals surface area contributed by atoms with E-state index in [1.54, 1.807) is 0 Å². The van der Waals surface area contributed by atoms with E-state index in [1.807, 2.05) is 0 Å². The summed E-state index contributed by atoms with van der Waals surface area (Å²) in [6.07, 6.45) is 57.9. The molecule has 0 aromatic rings. The zero-order chi connectivity index (χ0) is 44.5. The lowest BCUT2D eigenvalue weighted by molar-refractivity contribution is -0.151. The van der Waals surface area contributed by atoms with Gasteiger partial charge >= 0.3 is 5.97 Å². The fourth-order valence-electron chi connectivity index (χ4n) is 8.21. The van der Waals surface area contributed by atoms with Crippen LogP contribution in [0.15, 0.2) is 36.5 Å². The van der Waals surface area contributed by atoms with Crippen LogP contribution >= 0.6 is 0 Å². The number of unbranched alkanes of at least 4 members (excludes halogenated alkanes) is 30. The monoisotopic (exact) mass is 858 g/mol. The Bertz CT molecular complexity index is 1010. The molecule has 0 aromatic carbocycles. The van der Waals surface area contributed by atoms with E-state index in [0.29, 0.717) is 19.3 Å². The minimum atomic E-state index is -0.794. The number of amides is 1. The maximum Gasteiger partial charge on any atom is 0.306 e. The fraction of sp³-hybridized carbons (Fsp3) is 0.855. The van der Waals surface area contributed by atoms with Crippen LogP contribution in [0, 0.1) is 0 Å². The van der Waals surface area contributed by atoms with Crippen molar-refractivity contribution in [2.24, 2.45) is 0 Å². The number of carbonyl (C=O) groups is 2. The van der Waals surface area contributed by atoms with Crippen molar-refractivity contribution in [2.45, 2.75) is 296 Å². The first-order chi connectivity index (χ1) is 30.0. The molecule has 358 valence electrons. The van der Waals surface area contributed by atoms with Crippen molar-refractivity contribution in [1.82, 2.24) is 5.32 Å². The van der Waals surface area contributed by atoms with Gasteiger partial charge in [0, 0.05) is 6.42 Å². The number of rotatable bonds is 48. The van der Waals surface area contributed by atoms with E-state index in [2.05, 4.69) is 62.5 Å². The number of ether oxygens (including phenoxy) is 1. The van der Waals surface area contributed by atoms with Crippen LogP contribution in [0.4, 0.5) is 0 Å². The molecular formula is C55H103NO5. The molecule has 0 aliphatic rings. The number of nitrogens with one attached hydrogen (secondary N) is 1. The van der Waals surface area contributed by atoms with Crippen LogP contribution < -0.4 is 5.32 Å². The third-order valence-corrected chi connectivity index (χ3v) is 12.2. The van der Waals surface area contributed by atoms with Crippen molar-refractivity contribution < 1.29 is 24.5 Å². The van der Waals surface area contributed by atoms with Crippen molar-refractivity contribution >= 4 is 11.9 Å². The molecule has 0 heterocycles. The molecule has 6 heteroatoms. The summed E-state index contributed by atoms with van der Waals surface area (Å²) >= 11 is 0. The summed E-state index contributed by atoms with van der Waals surface area (Å²) in [5, 5.41) is 23.7. The van der Waals surface area contributed by atoms with Crippen LogP contribution in [0.2, 0.25) is 0 Å². The molecule has 6 nitrogen and oxygen atoms in total. The summed E-state index contributed by atoms with van der Waals surface area (Å²) in [4.78, 5) is 26.1. The zero-order valence-electron chi connectivity index (χ0n) is 40.8. The molecule has 0 spiro atoms.